The Morgan fingerprint density at radius 2 is 1.76 bits per heavy atom. The molecule has 0 aliphatic heterocycles. The first-order valence-corrected chi connectivity index (χ1v) is 3.16. The molecule has 0 amide bonds. The smallest absolute Gasteiger partial charge is 0.469 e. The van der Waals surface area contributed by atoms with Crippen LogP contribution in [0.5, 0.6) is 0 Å². The summed E-state index contributed by atoms with van der Waals surface area (Å²) in [6, 6.07) is 0. The van der Waals surface area contributed by atoms with E-state index in [4.69, 9.17) is 0 Å². The van der Waals surface area contributed by atoms with Gasteiger partial charge in [-0.15, -0.1) is 43.6 Å². The van der Waals surface area contributed by atoms with E-state index in [2.05, 4.69) is 10.8 Å². The number of ether oxygens (including phenoxy) is 1. The van der Waals surface area contributed by atoms with Crippen LogP contribution in [0.3, 0.4) is 0 Å². The van der Waals surface area contributed by atoms with Gasteiger partial charge in [0.1, 0.15) is 0 Å². The molecule has 102 valence electrons. The van der Waals surface area contributed by atoms with Gasteiger partial charge in [-0.3, -0.25) is 10.9 Å². The van der Waals surface area contributed by atoms with Gasteiger partial charge in [-0.1, -0.05) is 0 Å². The fourth-order valence-electron chi connectivity index (χ4n) is 0.799. The molecule has 0 unspecified atom stereocenters. The number of carbonyl (C=O) groups excluding carboxylic acids is 1. The molecule has 0 heterocycles. The second-order valence-corrected chi connectivity index (χ2v) is 2.06. The van der Waals surface area contributed by atoms with E-state index >= 15 is 0 Å². The van der Waals surface area contributed by atoms with Gasteiger partial charge in [-0.05, 0) is 0 Å². The largest absolute Gasteiger partial charge is 4.00 e. The zero-order chi connectivity index (χ0) is 7.40. The quantitative estimate of drug-likeness (QED) is 0.434. The summed E-state index contributed by atoms with van der Waals surface area (Å²) in [6.07, 6.45) is 8.08. The molecule has 1 rings (SSSR count). The minimum atomic E-state index is -0.200. The molecule has 6 heteroatoms. The average molecular weight is 340 g/mol. The van der Waals surface area contributed by atoms with Crippen LogP contribution in [0.25, 0.3) is 0 Å². The zero-order valence-corrected chi connectivity index (χ0v) is 14.6. The van der Waals surface area contributed by atoms with Crippen molar-refractivity contribution < 1.29 is 31.2 Å². The van der Waals surface area contributed by atoms with Crippen LogP contribution in [-0.4, -0.2) is 13.1 Å². The minimum absolute atomic E-state index is 0. The van der Waals surface area contributed by atoms with Gasteiger partial charge in [0, 0.05) is 6.42 Å². The number of esters is 1. The molecule has 0 atom stereocenters. The number of halogens is 3. The maximum atomic E-state index is 10.7. The van der Waals surface area contributed by atoms with Crippen molar-refractivity contribution in [2.24, 2.45) is 0 Å². The molecule has 0 radical (unpaired) electrons. The topological polar surface area (TPSA) is 26.3 Å². The predicted octanol–water partition coefficient (Wildman–Crippen LogP) is 3.85. The fourth-order valence-corrected chi connectivity index (χ4v) is 0.799. The molecule has 0 fully saturated rings. The van der Waals surface area contributed by atoms with Gasteiger partial charge in [0.25, 0.3) is 0 Å². The molecular weight excluding hydrogens is 318 g/mol. The summed E-state index contributed by atoms with van der Waals surface area (Å²) < 4.78 is 4.48. The molecule has 0 bridgehead atoms. The molecule has 0 saturated heterocycles. The number of hydrogen-bond donors (Lipinski definition) is 0. The van der Waals surface area contributed by atoms with Crippen LogP contribution in [0.2, 0.25) is 0 Å². The molecule has 0 saturated carbocycles. The van der Waals surface area contributed by atoms with E-state index in [1.807, 2.05) is 12.2 Å². The van der Waals surface area contributed by atoms with Crippen LogP contribution in [0.4, 0.5) is 0 Å². The molecule has 2 nitrogen and oxygen atoms in total. The first-order chi connectivity index (χ1) is 4.83. The van der Waals surface area contributed by atoms with Gasteiger partial charge in [-0.2, -0.15) is 6.08 Å². The van der Waals surface area contributed by atoms with Crippen molar-refractivity contribution in [2.75, 3.05) is 7.11 Å². The van der Waals surface area contributed by atoms with Gasteiger partial charge in [0.15, 0.2) is 0 Å². The third kappa shape index (κ3) is 19.1. The summed E-state index contributed by atoms with van der Waals surface area (Å²) in [7, 11) is 1.39. The Hall–Kier alpha value is 0.534. The molecule has 0 N–H and O–H groups in total. The number of rotatable bonds is 2. The summed E-state index contributed by atoms with van der Waals surface area (Å²) >= 11 is 0. The maximum absolute atomic E-state index is 10.7. The molecule has 0 aromatic carbocycles. The molecule has 1 aliphatic carbocycles. The van der Waals surface area contributed by atoms with Crippen molar-refractivity contribution in [1.82, 2.24) is 0 Å². The maximum Gasteiger partial charge on any atom is 4.00 e. The van der Waals surface area contributed by atoms with Crippen molar-refractivity contribution >= 4 is 43.2 Å². The van der Waals surface area contributed by atoms with Crippen LogP contribution in [-0.2, 0) is 31.2 Å². The van der Waals surface area contributed by atoms with E-state index in [9.17, 15) is 4.79 Å². The molecule has 1 aliphatic rings. The van der Waals surface area contributed by atoms with Gasteiger partial charge in [0.2, 0.25) is 0 Å². The first kappa shape index (κ1) is 43.2. The van der Waals surface area contributed by atoms with Gasteiger partial charge >= 0.3 is 27.7 Å². The van der Waals surface area contributed by atoms with Crippen LogP contribution in [0, 0.1) is 28.4 Å². The number of methoxy groups -OCH3 is 1. The Bertz CT molecular complexity index is 207. The molecular formula is C11H21Cl3O2Ti. The van der Waals surface area contributed by atoms with E-state index in [1.165, 1.54) is 7.11 Å². The van der Waals surface area contributed by atoms with Crippen molar-refractivity contribution in [3.8, 4) is 0 Å². The number of hydrogen-bond acceptors (Lipinski definition) is 2. The second-order valence-electron chi connectivity index (χ2n) is 2.06. The summed E-state index contributed by atoms with van der Waals surface area (Å²) in [4.78, 5) is 10.7. The van der Waals surface area contributed by atoms with E-state index in [1.54, 1.807) is 0 Å². The Balaban J connectivity index is -0.0000000286. The summed E-state index contributed by atoms with van der Waals surface area (Å²) in [5.41, 5.74) is 0.937. The Labute approximate surface area is 140 Å². The van der Waals surface area contributed by atoms with Crippen molar-refractivity contribution in [3.63, 3.8) is 0 Å². The summed E-state index contributed by atoms with van der Waals surface area (Å²) in [5, 5.41) is 0. The SMILES string of the molecule is COC(=O)CC1=[C-]CC=C1.Cl.Cl.Cl.[CH3-].[CH3-].[CH3-].[Ti+4]. The monoisotopic (exact) mass is 338 g/mol. The van der Waals surface area contributed by atoms with E-state index in [0.29, 0.717) is 6.42 Å². The summed E-state index contributed by atoms with van der Waals surface area (Å²) in [6.45, 7) is 0. The number of allylic oxidation sites excluding steroid dienone is 3. The van der Waals surface area contributed by atoms with Gasteiger partial charge < -0.3 is 27.0 Å². The summed E-state index contributed by atoms with van der Waals surface area (Å²) in [5.74, 6) is -0.200. The minimum Gasteiger partial charge on any atom is -0.469 e. The number of carbonyl (C=O) groups is 1. The van der Waals surface area contributed by atoms with E-state index in [-0.39, 0.29) is 87.2 Å². The van der Waals surface area contributed by atoms with Crippen molar-refractivity contribution in [1.29, 1.82) is 0 Å². The van der Waals surface area contributed by atoms with Crippen molar-refractivity contribution in [2.45, 2.75) is 12.8 Å². The third-order valence-corrected chi connectivity index (χ3v) is 1.33. The third-order valence-electron chi connectivity index (χ3n) is 1.33. The van der Waals surface area contributed by atoms with E-state index in [0.717, 1.165) is 12.0 Å². The van der Waals surface area contributed by atoms with Crippen LogP contribution >= 0.6 is 37.2 Å². The first-order valence-electron chi connectivity index (χ1n) is 3.16. The van der Waals surface area contributed by atoms with Crippen LogP contribution in [0.15, 0.2) is 17.7 Å². The standard InChI is InChI=1S/C8H9O2.3CH3.3ClH.Ti/c1-10-8(9)6-7-4-2-3-5-7;;;;;;;/h2,4H,3,6H2,1H3;3*1H3;3*1H;/q4*-1;;;;+4. The molecule has 0 spiro atoms. The zero-order valence-electron chi connectivity index (χ0n) is 10.6. The normalized spacial score (nSPS) is 8.88. The van der Waals surface area contributed by atoms with Crippen LogP contribution in [0.1, 0.15) is 12.8 Å². The Morgan fingerprint density at radius 3 is 2.06 bits per heavy atom. The second kappa shape index (κ2) is 25.4. The fraction of sp³-hybridized carbons (Fsp3) is 0.273. The van der Waals surface area contributed by atoms with E-state index < -0.39 is 0 Å². The molecule has 17 heavy (non-hydrogen) atoms. The predicted molar refractivity (Wildman–Crippen MR) is 78.1 cm³/mol. The van der Waals surface area contributed by atoms with Crippen molar-refractivity contribution in [3.05, 3.63) is 46.1 Å². The van der Waals surface area contributed by atoms with Gasteiger partial charge in [-0.25, -0.2) is 11.6 Å². The Kier molecular flexibility index (Phi) is 64.5. The van der Waals surface area contributed by atoms with Crippen LogP contribution < -0.4 is 0 Å². The average Bonchev–Trinajstić information content (AvgIpc) is 2.40. The Morgan fingerprint density at radius 1 is 1.29 bits per heavy atom. The van der Waals surface area contributed by atoms with Gasteiger partial charge in [0.05, 0.1) is 7.11 Å². The molecule has 0 aromatic heterocycles. The molecule has 0 aromatic rings.